The number of hydrogen-bond donors (Lipinski definition) is 1. The predicted octanol–water partition coefficient (Wildman–Crippen LogP) is 2.77. The first-order valence-corrected chi connectivity index (χ1v) is 6.92. The normalized spacial score (nSPS) is 12.3. The molecule has 0 spiro atoms. The SMILES string of the molecule is CC[C@H](O)c1ccccc1-n1nnc(-c2ccccc2)n1. The molecule has 2 aromatic carbocycles. The van der Waals surface area contributed by atoms with Gasteiger partial charge in [-0.2, -0.15) is 0 Å². The number of tetrazole rings is 1. The average molecular weight is 280 g/mol. The van der Waals surface area contributed by atoms with E-state index in [-0.39, 0.29) is 0 Å². The fourth-order valence-corrected chi connectivity index (χ4v) is 2.19. The summed E-state index contributed by atoms with van der Waals surface area (Å²) in [4.78, 5) is 1.47. The van der Waals surface area contributed by atoms with Gasteiger partial charge < -0.3 is 5.11 Å². The molecule has 5 nitrogen and oxygen atoms in total. The summed E-state index contributed by atoms with van der Waals surface area (Å²) >= 11 is 0. The minimum atomic E-state index is -0.535. The van der Waals surface area contributed by atoms with Gasteiger partial charge in [0.25, 0.3) is 0 Å². The van der Waals surface area contributed by atoms with E-state index in [2.05, 4.69) is 15.4 Å². The number of nitrogens with zero attached hydrogens (tertiary/aromatic N) is 4. The molecule has 0 saturated carbocycles. The van der Waals surface area contributed by atoms with Crippen molar-refractivity contribution in [2.45, 2.75) is 19.4 Å². The van der Waals surface area contributed by atoms with Crippen LogP contribution >= 0.6 is 0 Å². The van der Waals surface area contributed by atoms with Gasteiger partial charge in [0, 0.05) is 11.1 Å². The van der Waals surface area contributed by atoms with E-state index >= 15 is 0 Å². The molecule has 0 radical (unpaired) electrons. The average Bonchev–Trinajstić information content (AvgIpc) is 3.05. The predicted molar refractivity (Wildman–Crippen MR) is 79.8 cm³/mol. The van der Waals surface area contributed by atoms with Crippen molar-refractivity contribution in [3.8, 4) is 17.1 Å². The molecule has 3 rings (SSSR count). The van der Waals surface area contributed by atoms with Crippen LogP contribution in [0.1, 0.15) is 25.0 Å². The fourth-order valence-electron chi connectivity index (χ4n) is 2.19. The molecule has 1 N–H and O–H groups in total. The van der Waals surface area contributed by atoms with Gasteiger partial charge in [-0.05, 0) is 17.7 Å². The molecule has 21 heavy (non-hydrogen) atoms. The van der Waals surface area contributed by atoms with Crippen LogP contribution in [-0.4, -0.2) is 25.3 Å². The van der Waals surface area contributed by atoms with E-state index in [9.17, 15) is 5.11 Å². The summed E-state index contributed by atoms with van der Waals surface area (Å²) in [5, 5.41) is 22.7. The van der Waals surface area contributed by atoms with Crippen LogP contribution in [0, 0.1) is 0 Å². The number of aromatic nitrogens is 4. The van der Waals surface area contributed by atoms with Crippen LogP contribution in [0.2, 0.25) is 0 Å². The Morgan fingerprint density at radius 3 is 2.52 bits per heavy atom. The summed E-state index contributed by atoms with van der Waals surface area (Å²) < 4.78 is 0. The van der Waals surface area contributed by atoms with Crippen LogP contribution in [0.3, 0.4) is 0 Å². The maximum atomic E-state index is 10.1. The van der Waals surface area contributed by atoms with Crippen LogP contribution in [0.15, 0.2) is 54.6 Å². The maximum Gasteiger partial charge on any atom is 0.205 e. The number of benzene rings is 2. The number of rotatable bonds is 4. The van der Waals surface area contributed by atoms with Crippen LogP contribution in [0.5, 0.6) is 0 Å². The molecule has 1 heterocycles. The number of aliphatic hydroxyl groups is 1. The molecule has 3 aromatic rings. The van der Waals surface area contributed by atoms with Gasteiger partial charge in [-0.25, -0.2) is 0 Å². The molecule has 0 fully saturated rings. The molecule has 0 bridgehead atoms. The quantitative estimate of drug-likeness (QED) is 0.798. The lowest BCUT2D eigenvalue weighted by molar-refractivity contribution is 0.173. The second-order valence-corrected chi connectivity index (χ2v) is 4.75. The minimum Gasteiger partial charge on any atom is -0.388 e. The topological polar surface area (TPSA) is 63.8 Å². The van der Waals surface area contributed by atoms with Crippen LogP contribution in [0.25, 0.3) is 17.1 Å². The van der Waals surface area contributed by atoms with Crippen molar-refractivity contribution in [2.24, 2.45) is 0 Å². The van der Waals surface area contributed by atoms with Crippen molar-refractivity contribution in [1.82, 2.24) is 20.2 Å². The van der Waals surface area contributed by atoms with Crippen molar-refractivity contribution >= 4 is 0 Å². The molecule has 0 aliphatic carbocycles. The van der Waals surface area contributed by atoms with E-state index in [1.807, 2.05) is 61.5 Å². The van der Waals surface area contributed by atoms with Crippen molar-refractivity contribution in [2.75, 3.05) is 0 Å². The monoisotopic (exact) mass is 280 g/mol. The number of para-hydroxylation sites is 1. The number of aliphatic hydroxyl groups excluding tert-OH is 1. The highest BCUT2D eigenvalue weighted by molar-refractivity contribution is 5.53. The third-order valence-corrected chi connectivity index (χ3v) is 3.34. The molecule has 0 unspecified atom stereocenters. The largest absolute Gasteiger partial charge is 0.388 e. The van der Waals surface area contributed by atoms with Gasteiger partial charge in [0.1, 0.15) is 0 Å². The van der Waals surface area contributed by atoms with Gasteiger partial charge in [0.05, 0.1) is 11.8 Å². The van der Waals surface area contributed by atoms with Crippen molar-refractivity contribution in [3.63, 3.8) is 0 Å². The Kier molecular flexibility index (Phi) is 3.75. The maximum absolute atomic E-state index is 10.1. The van der Waals surface area contributed by atoms with E-state index in [0.717, 1.165) is 16.8 Å². The summed E-state index contributed by atoms with van der Waals surface area (Å²) in [6.45, 7) is 1.94. The Balaban J connectivity index is 2.01. The Hall–Kier alpha value is -2.53. The Morgan fingerprint density at radius 1 is 1.05 bits per heavy atom. The van der Waals surface area contributed by atoms with Gasteiger partial charge in [-0.1, -0.05) is 55.5 Å². The molecule has 0 amide bonds. The molecular weight excluding hydrogens is 264 g/mol. The minimum absolute atomic E-state index is 0.535. The highest BCUT2D eigenvalue weighted by Gasteiger charge is 2.14. The van der Waals surface area contributed by atoms with E-state index in [0.29, 0.717) is 12.2 Å². The lowest BCUT2D eigenvalue weighted by atomic mass is 10.1. The summed E-state index contributed by atoms with van der Waals surface area (Å²) in [6.07, 6.45) is 0.101. The highest BCUT2D eigenvalue weighted by Crippen LogP contribution is 2.23. The van der Waals surface area contributed by atoms with Crippen molar-refractivity contribution < 1.29 is 5.11 Å². The molecule has 0 aliphatic rings. The van der Waals surface area contributed by atoms with Gasteiger partial charge in [-0.3, -0.25) is 0 Å². The molecule has 0 aliphatic heterocycles. The van der Waals surface area contributed by atoms with Gasteiger partial charge in [0.15, 0.2) is 0 Å². The summed E-state index contributed by atoms with van der Waals surface area (Å²) in [5.41, 5.74) is 2.47. The molecule has 106 valence electrons. The van der Waals surface area contributed by atoms with Crippen LogP contribution in [-0.2, 0) is 0 Å². The zero-order valence-electron chi connectivity index (χ0n) is 11.7. The van der Waals surface area contributed by atoms with E-state index in [4.69, 9.17) is 0 Å². The Bertz CT molecular complexity index is 724. The highest BCUT2D eigenvalue weighted by atomic mass is 16.3. The van der Waals surface area contributed by atoms with E-state index < -0.39 is 6.10 Å². The second-order valence-electron chi connectivity index (χ2n) is 4.75. The smallest absolute Gasteiger partial charge is 0.205 e. The standard InChI is InChI=1S/C16H16N4O/c1-2-15(21)13-10-6-7-11-14(13)20-18-16(17-19-20)12-8-4-3-5-9-12/h3-11,15,21H,2H2,1H3/t15-/m0/s1. The van der Waals surface area contributed by atoms with Crippen LogP contribution < -0.4 is 0 Å². The fraction of sp³-hybridized carbons (Fsp3) is 0.188. The summed E-state index contributed by atoms with van der Waals surface area (Å²) in [6, 6.07) is 17.2. The first-order chi connectivity index (χ1) is 10.3. The third-order valence-electron chi connectivity index (χ3n) is 3.34. The van der Waals surface area contributed by atoms with E-state index in [1.54, 1.807) is 0 Å². The molecule has 1 atom stereocenters. The lowest BCUT2D eigenvalue weighted by Crippen LogP contribution is -2.06. The Morgan fingerprint density at radius 2 is 1.76 bits per heavy atom. The van der Waals surface area contributed by atoms with E-state index in [1.165, 1.54) is 4.80 Å². The Labute approximate surface area is 122 Å². The first-order valence-electron chi connectivity index (χ1n) is 6.92. The number of hydrogen-bond acceptors (Lipinski definition) is 4. The zero-order chi connectivity index (χ0) is 14.7. The molecule has 5 heteroatoms. The van der Waals surface area contributed by atoms with Gasteiger partial charge in [0.2, 0.25) is 5.82 Å². The second kappa shape index (κ2) is 5.85. The van der Waals surface area contributed by atoms with Gasteiger partial charge in [-0.15, -0.1) is 15.0 Å². The zero-order valence-corrected chi connectivity index (χ0v) is 11.7. The van der Waals surface area contributed by atoms with Crippen molar-refractivity contribution in [1.29, 1.82) is 0 Å². The first kappa shape index (κ1) is 13.5. The molecular formula is C16H16N4O. The summed E-state index contributed by atoms with van der Waals surface area (Å²) in [5.74, 6) is 0.566. The summed E-state index contributed by atoms with van der Waals surface area (Å²) in [7, 11) is 0. The van der Waals surface area contributed by atoms with Crippen molar-refractivity contribution in [3.05, 3.63) is 60.2 Å². The van der Waals surface area contributed by atoms with Crippen LogP contribution in [0.4, 0.5) is 0 Å². The molecule has 0 saturated heterocycles. The third kappa shape index (κ3) is 2.68. The van der Waals surface area contributed by atoms with Gasteiger partial charge >= 0.3 is 0 Å². The molecule has 1 aromatic heterocycles. The lowest BCUT2D eigenvalue weighted by Gasteiger charge is -2.12.